The molecule has 0 aromatic carbocycles. The highest BCUT2D eigenvalue weighted by Gasteiger charge is 2.53. The maximum Gasteiger partial charge on any atom is 0.127 e. The van der Waals surface area contributed by atoms with Gasteiger partial charge in [0.05, 0.1) is 0 Å². The van der Waals surface area contributed by atoms with Crippen molar-refractivity contribution in [1.29, 1.82) is 0 Å². The lowest BCUT2D eigenvalue weighted by atomic mass is 9.80. The molecule has 20 heavy (non-hydrogen) atoms. The Bertz CT molecular complexity index is 419. The minimum Gasteiger partial charge on any atom is -0.359 e. The monoisotopic (exact) mass is 309 g/mol. The third-order valence-corrected chi connectivity index (χ3v) is 13.2. The summed E-state index contributed by atoms with van der Waals surface area (Å²) in [7, 11) is -2.92. The molecule has 0 aliphatic heterocycles. The van der Waals surface area contributed by atoms with Gasteiger partial charge in [-0.15, -0.1) is 0 Å². The summed E-state index contributed by atoms with van der Waals surface area (Å²) in [5, 5.41) is 0.208. The van der Waals surface area contributed by atoms with E-state index in [0.29, 0.717) is 5.92 Å². The number of hydrogen-bond acceptors (Lipinski definition) is 1. The van der Waals surface area contributed by atoms with Crippen LogP contribution >= 0.6 is 0 Å². The van der Waals surface area contributed by atoms with E-state index in [1.165, 1.54) is 5.57 Å². The molecule has 1 rings (SSSR count). The number of hydrogen-bond donors (Lipinski definition) is 1. The van der Waals surface area contributed by atoms with Crippen molar-refractivity contribution in [1.82, 2.24) is 4.65 Å². The second kappa shape index (κ2) is 5.25. The maximum atomic E-state index is 4.13. The van der Waals surface area contributed by atoms with Crippen LogP contribution in [0.1, 0.15) is 34.6 Å². The Morgan fingerprint density at radius 3 is 1.85 bits per heavy atom. The molecule has 0 aromatic rings. The van der Waals surface area contributed by atoms with Crippen LogP contribution in [0, 0.1) is 11.3 Å². The topological polar surface area (TPSA) is 12.0 Å². The molecule has 3 heteroatoms. The largest absolute Gasteiger partial charge is 0.359 e. The molecular formula is C17H35NSi2. The van der Waals surface area contributed by atoms with Crippen LogP contribution in [-0.2, 0) is 0 Å². The molecule has 1 aliphatic rings. The Balaban J connectivity index is 3.34. The zero-order chi connectivity index (χ0) is 16.0. The molecule has 1 unspecified atom stereocenters. The van der Waals surface area contributed by atoms with E-state index in [0.717, 1.165) is 0 Å². The number of rotatable bonds is 4. The fraction of sp³-hybridized carbons (Fsp3) is 0.765. The van der Waals surface area contributed by atoms with Gasteiger partial charge in [-0.05, 0) is 16.9 Å². The minimum absolute atomic E-state index is 0.208. The molecule has 0 aromatic heterocycles. The van der Waals surface area contributed by atoms with Crippen molar-refractivity contribution >= 4 is 16.5 Å². The molecule has 1 nitrogen and oxygen atoms in total. The SMILES string of the molecule is CC(C)C1=CC(C(C)(C)C)([Si](C)(C)N[Si](C)(C)C)C=C1. The first kappa shape index (κ1) is 17.9. The van der Waals surface area contributed by atoms with Crippen LogP contribution in [0.4, 0.5) is 0 Å². The zero-order valence-electron chi connectivity index (χ0n) is 15.3. The van der Waals surface area contributed by atoms with Crippen LogP contribution in [0.3, 0.4) is 0 Å². The summed E-state index contributed by atoms with van der Waals surface area (Å²) < 4.78 is 4.13. The minimum atomic E-state index is -1.63. The van der Waals surface area contributed by atoms with E-state index in [9.17, 15) is 0 Å². The Morgan fingerprint density at radius 1 is 1.05 bits per heavy atom. The first-order chi connectivity index (χ1) is 8.72. The van der Waals surface area contributed by atoms with Crippen molar-refractivity contribution in [2.75, 3.05) is 0 Å². The van der Waals surface area contributed by atoms with Crippen molar-refractivity contribution in [3.8, 4) is 0 Å². The molecular weight excluding hydrogens is 274 g/mol. The summed E-state index contributed by atoms with van der Waals surface area (Å²) in [5.41, 5.74) is 1.76. The van der Waals surface area contributed by atoms with Crippen LogP contribution in [-0.4, -0.2) is 16.5 Å². The van der Waals surface area contributed by atoms with Gasteiger partial charge in [-0.25, -0.2) is 0 Å². The highest BCUT2D eigenvalue weighted by Crippen LogP contribution is 2.58. The molecule has 0 heterocycles. The molecule has 0 saturated carbocycles. The molecule has 0 radical (unpaired) electrons. The Hall–Kier alpha value is -0.126. The van der Waals surface area contributed by atoms with Crippen LogP contribution in [0.25, 0.3) is 0 Å². The molecule has 1 aliphatic carbocycles. The zero-order valence-corrected chi connectivity index (χ0v) is 17.3. The molecule has 1 atom stereocenters. The van der Waals surface area contributed by atoms with Gasteiger partial charge < -0.3 is 4.65 Å². The van der Waals surface area contributed by atoms with Crippen molar-refractivity contribution in [3.63, 3.8) is 0 Å². The summed E-state index contributed by atoms with van der Waals surface area (Å²) in [6.45, 7) is 24.1. The standard InChI is InChI=1S/C17H35NSi2/c1-14(2)15-11-12-17(13-15,16(3,4)5)20(9,10)18-19(6,7)8/h11-14,18H,1-10H3. The summed E-state index contributed by atoms with van der Waals surface area (Å²) in [5.74, 6) is 0.618. The molecule has 0 amide bonds. The first-order valence-corrected chi connectivity index (χ1v) is 14.4. The van der Waals surface area contributed by atoms with E-state index in [1.54, 1.807) is 0 Å². The van der Waals surface area contributed by atoms with Gasteiger partial charge in [0, 0.05) is 5.04 Å². The van der Waals surface area contributed by atoms with E-state index in [2.05, 4.69) is 90.2 Å². The predicted octanol–water partition coefficient (Wildman–Crippen LogP) is 5.55. The summed E-state index contributed by atoms with van der Waals surface area (Å²) in [6.07, 6.45) is 7.50. The Kier molecular flexibility index (Phi) is 4.71. The predicted molar refractivity (Wildman–Crippen MR) is 98.2 cm³/mol. The Morgan fingerprint density at radius 2 is 1.55 bits per heavy atom. The molecule has 0 spiro atoms. The van der Waals surface area contributed by atoms with Crippen molar-refractivity contribution in [3.05, 3.63) is 23.8 Å². The summed E-state index contributed by atoms with van der Waals surface area (Å²) in [6, 6.07) is 0. The first-order valence-electron chi connectivity index (χ1n) is 7.93. The average molecular weight is 310 g/mol. The van der Waals surface area contributed by atoms with Gasteiger partial charge in [-0.2, -0.15) is 0 Å². The quantitative estimate of drug-likeness (QED) is 0.671. The van der Waals surface area contributed by atoms with Gasteiger partial charge in [0.15, 0.2) is 0 Å². The van der Waals surface area contributed by atoms with Crippen LogP contribution in [0.2, 0.25) is 37.8 Å². The fourth-order valence-corrected chi connectivity index (χ4v) is 15.0. The summed E-state index contributed by atoms with van der Waals surface area (Å²) in [4.78, 5) is 0. The second-order valence-electron chi connectivity index (χ2n) is 9.25. The third-order valence-electron chi connectivity index (χ3n) is 4.56. The van der Waals surface area contributed by atoms with Gasteiger partial charge in [-0.1, -0.05) is 85.6 Å². The molecule has 1 N–H and O–H groups in total. The molecule has 116 valence electrons. The second-order valence-corrected chi connectivity index (χ2v) is 18.8. The molecule has 0 bridgehead atoms. The Labute approximate surface area is 129 Å². The van der Waals surface area contributed by atoms with Crippen LogP contribution in [0.15, 0.2) is 23.8 Å². The normalized spacial score (nSPS) is 24.4. The van der Waals surface area contributed by atoms with Crippen LogP contribution in [0.5, 0.6) is 0 Å². The lowest BCUT2D eigenvalue weighted by Gasteiger charge is -2.52. The van der Waals surface area contributed by atoms with Crippen molar-refractivity contribution < 1.29 is 0 Å². The molecule has 0 fully saturated rings. The lowest BCUT2D eigenvalue weighted by Crippen LogP contribution is -2.65. The van der Waals surface area contributed by atoms with Gasteiger partial charge >= 0.3 is 0 Å². The average Bonchev–Trinajstić information content (AvgIpc) is 2.57. The highest BCUT2D eigenvalue weighted by molar-refractivity contribution is 6.92. The lowest BCUT2D eigenvalue weighted by molar-refractivity contribution is 0.347. The van der Waals surface area contributed by atoms with Gasteiger partial charge in [0.2, 0.25) is 0 Å². The van der Waals surface area contributed by atoms with E-state index < -0.39 is 16.5 Å². The molecule has 0 saturated heterocycles. The maximum absolute atomic E-state index is 4.13. The van der Waals surface area contributed by atoms with Crippen molar-refractivity contribution in [2.24, 2.45) is 11.3 Å². The van der Waals surface area contributed by atoms with Gasteiger partial charge in [0.25, 0.3) is 0 Å². The van der Waals surface area contributed by atoms with E-state index in [1.807, 2.05) is 0 Å². The third kappa shape index (κ3) is 3.37. The highest BCUT2D eigenvalue weighted by atomic mass is 28.4. The van der Waals surface area contributed by atoms with Gasteiger partial charge in [0.1, 0.15) is 16.5 Å². The van der Waals surface area contributed by atoms with Crippen molar-refractivity contribution in [2.45, 2.75) is 72.4 Å². The van der Waals surface area contributed by atoms with Gasteiger partial charge in [-0.3, -0.25) is 0 Å². The summed E-state index contributed by atoms with van der Waals surface area (Å²) >= 11 is 0. The van der Waals surface area contributed by atoms with E-state index in [4.69, 9.17) is 0 Å². The fourth-order valence-electron chi connectivity index (χ4n) is 3.78. The smallest absolute Gasteiger partial charge is 0.127 e. The van der Waals surface area contributed by atoms with E-state index >= 15 is 0 Å². The number of nitrogens with one attached hydrogen (secondary N) is 1. The number of allylic oxidation sites excluding steroid dienone is 4. The van der Waals surface area contributed by atoms with Crippen LogP contribution < -0.4 is 4.65 Å². The van der Waals surface area contributed by atoms with E-state index in [-0.39, 0.29) is 10.5 Å².